The first-order valence-electron chi connectivity index (χ1n) is 5.27. The maximum Gasteiger partial charge on any atom is 0.0213 e. The first-order chi connectivity index (χ1) is 6.85. The van der Waals surface area contributed by atoms with Crippen LogP contribution >= 0.6 is 11.3 Å². The Labute approximate surface area is 89.5 Å². The lowest BCUT2D eigenvalue weighted by molar-refractivity contribution is 0.141. The van der Waals surface area contributed by atoms with Gasteiger partial charge in [-0.25, -0.2) is 0 Å². The number of nitrogens with two attached hydrogens (primary N) is 1. The van der Waals surface area contributed by atoms with Crippen LogP contribution in [0.1, 0.15) is 24.8 Å². The minimum absolute atomic E-state index is 0.427. The molecule has 0 bridgehead atoms. The van der Waals surface area contributed by atoms with Gasteiger partial charge in [0.1, 0.15) is 0 Å². The molecule has 14 heavy (non-hydrogen) atoms. The van der Waals surface area contributed by atoms with Crippen molar-refractivity contribution < 1.29 is 0 Å². The molecular formula is C11H18N2S. The molecule has 1 aliphatic rings. The van der Waals surface area contributed by atoms with Crippen molar-refractivity contribution in [2.24, 2.45) is 11.1 Å². The van der Waals surface area contributed by atoms with E-state index in [1.54, 1.807) is 11.3 Å². The Morgan fingerprint density at radius 3 is 2.86 bits per heavy atom. The van der Waals surface area contributed by atoms with Gasteiger partial charge in [0.2, 0.25) is 0 Å². The van der Waals surface area contributed by atoms with E-state index in [0.717, 1.165) is 19.6 Å². The maximum absolute atomic E-state index is 5.79. The van der Waals surface area contributed by atoms with E-state index in [9.17, 15) is 0 Å². The maximum atomic E-state index is 5.79. The molecule has 0 saturated heterocycles. The summed E-state index contributed by atoms with van der Waals surface area (Å²) in [6.45, 7) is 2.91. The van der Waals surface area contributed by atoms with Crippen molar-refractivity contribution in [3.05, 3.63) is 22.4 Å². The molecule has 0 atom stereocenters. The van der Waals surface area contributed by atoms with Crippen LogP contribution in [0.25, 0.3) is 0 Å². The predicted octanol–water partition coefficient (Wildman–Crippen LogP) is 1.97. The van der Waals surface area contributed by atoms with E-state index < -0.39 is 0 Å². The SMILES string of the molecule is NCC1(CNCc2ccsc2)CCC1. The van der Waals surface area contributed by atoms with Crippen molar-refractivity contribution in [2.45, 2.75) is 25.8 Å². The third kappa shape index (κ3) is 2.16. The molecule has 78 valence electrons. The first kappa shape index (κ1) is 10.1. The van der Waals surface area contributed by atoms with Gasteiger partial charge in [0.25, 0.3) is 0 Å². The third-order valence-electron chi connectivity index (χ3n) is 3.26. The summed E-state index contributed by atoms with van der Waals surface area (Å²) in [6.07, 6.45) is 3.97. The van der Waals surface area contributed by atoms with Gasteiger partial charge in [0, 0.05) is 13.1 Å². The number of hydrogen-bond acceptors (Lipinski definition) is 3. The van der Waals surface area contributed by atoms with E-state index in [2.05, 4.69) is 22.1 Å². The topological polar surface area (TPSA) is 38.0 Å². The number of thiophene rings is 1. The smallest absolute Gasteiger partial charge is 0.0213 e. The molecule has 0 amide bonds. The van der Waals surface area contributed by atoms with Crippen LogP contribution in [0.2, 0.25) is 0 Å². The lowest BCUT2D eigenvalue weighted by Gasteiger charge is -2.41. The summed E-state index contributed by atoms with van der Waals surface area (Å²) in [6, 6.07) is 2.17. The number of rotatable bonds is 5. The minimum Gasteiger partial charge on any atom is -0.330 e. The fourth-order valence-corrected chi connectivity index (χ4v) is 2.66. The van der Waals surface area contributed by atoms with Gasteiger partial charge in [-0.2, -0.15) is 11.3 Å². The van der Waals surface area contributed by atoms with Gasteiger partial charge in [0.15, 0.2) is 0 Å². The zero-order valence-electron chi connectivity index (χ0n) is 8.46. The molecular weight excluding hydrogens is 192 g/mol. The number of nitrogens with one attached hydrogen (secondary N) is 1. The average Bonchev–Trinajstić information content (AvgIpc) is 2.62. The fourth-order valence-electron chi connectivity index (χ4n) is 2.00. The van der Waals surface area contributed by atoms with E-state index in [0.29, 0.717) is 5.41 Å². The van der Waals surface area contributed by atoms with Crippen LogP contribution in [-0.4, -0.2) is 13.1 Å². The molecule has 1 aliphatic carbocycles. The summed E-state index contributed by atoms with van der Waals surface area (Å²) < 4.78 is 0. The van der Waals surface area contributed by atoms with Gasteiger partial charge in [-0.1, -0.05) is 6.42 Å². The average molecular weight is 210 g/mol. The summed E-state index contributed by atoms with van der Waals surface area (Å²) in [7, 11) is 0. The second kappa shape index (κ2) is 4.43. The lowest BCUT2D eigenvalue weighted by atomic mass is 9.69. The van der Waals surface area contributed by atoms with Gasteiger partial charge in [-0.15, -0.1) is 0 Å². The molecule has 2 nitrogen and oxygen atoms in total. The van der Waals surface area contributed by atoms with Gasteiger partial charge in [-0.05, 0) is 47.2 Å². The standard InChI is InChI=1S/C11H18N2S/c12-8-11(3-1-4-11)9-13-6-10-2-5-14-7-10/h2,5,7,13H,1,3-4,6,8-9,12H2. The Morgan fingerprint density at radius 2 is 2.36 bits per heavy atom. The van der Waals surface area contributed by atoms with Crippen molar-refractivity contribution in [2.75, 3.05) is 13.1 Å². The van der Waals surface area contributed by atoms with Crippen molar-refractivity contribution in [3.63, 3.8) is 0 Å². The molecule has 1 aromatic rings. The summed E-state index contributed by atoms with van der Waals surface area (Å²) in [5, 5.41) is 7.83. The predicted molar refractivity (Wildman–Crippen MR) is 61.4 cm³/mol. The highest BCUT2D eigenvalue weighted by atomic mass is 32.1. The van der Waals surface area contributed by atoms with Gasteiger partial charge in [0.05, 0.1) is 0 Å². The van der Waals surface area contributed by atoms with Crippen LogP contribution in [0.3, 0.4) is 0 Å². The van der Waals surface area contributed by atoms with E-state index in [1.165, 1.54) is 24.8 Å². The molecule has 1 fully saturated rings. The zero-order chi connectivity index (χ0) is 9.86. The second-order valence-electron chi connectivity index (χ2n) is 4.29. The van der Waals surface area contributed by atoms with Crippen LogP contribution in [0.15, 0.2) is 16.8 Å². The van der Waals surface area contributed by atoms with Crippen molar-refractivity contribution >= 4 is 11.3 Å². The minimum atomic E-state index is 0.427. The highest BCUT2D eigenvalue weighted by molar-refractivity contribution is 7.07. The fraction of sp³-hybridized carbons (Fsp3) is 0.636. The first-order valence-corrected chi connectivity index (χ1v) is 6.21. The lowest BCUT2D eigenvalue weighted by Crippen LogP contribution is -2.45. The summed E-state index contributed by atoms with van der Waals surface area (Å²) >= 11 is 1.76. The third-order valence-corrected chi connectivity index (χ3v) is 3.99. The molecule has 0 spiro atoms. The zero-order valence-corrected chi connectivity index (χ0v) is 9.28. The summed E-state index contributed by atoms with van der Waals surface area (Å²) in [4.78, 5) is 0. The Hall–Kier alpha value is -0.380. The van der Waals surface area contributed by atoms with Gasteiger partial charge in [-0.3, -0.25) is 0 Å². The highest BCUT2D eigenvalue weighted by Gasteiger charge is 2.34. The van der Waals surface area contributed by atoms with Crippen LogP contribution < -0.4 is 11.1 Å². The largest absolute Gasteiger partial charge is 0.330 e. The second-order valence-corrected chi connectivity index (χ2v) is 5.07. The molecule has 2 rings (SSSR count). The normalized spacial score (nSPS) is 19.2. The Balaban J connectivity index is 1.72. The van der Waals surface area contributed by atoms with Crippen molar-refractivity contribution in [1.29, 1.82) is 0 Å². The monoisotopic (exact) mass is 210 g/mol. The summed E-state index contributed by atoms with van der Waals surface area (Å²) in [5.74, 6) is 0. The molecule has 3 N–H and O–H groups in total. The molecule has 0 aromatic carbocycles. The van der Waals surface area contributed by atoms with E-state index >= 15 is 0 Å². The Morgan fingerprint density at radius 1 is 1.50 bits per heavy atom. The molecule has 1 heterocycles. The van der Waals surface area contributed by atoms with Crippen molar-refractivity contribution in [3.8, 4) is 0 Å². The molecule has 0 unspecified atom stereocenters. The molecule has 3 heteroatoms. The van der Waals surface area contributed by atoms with E-state index in [4.69, 9.17) is 5.73 Å². The molecule has 0 aliphatic heterocycles. The van der Waals surface area contributed by atoms with Crippen LogP contribution in [-0.2, 0) is 6.54 Å². The highest BCUT2D eigenvalue weighted by Crippen LogP contribution is 2.39. The van der Waals surface area contributed by atoms with Crippen LogP contribution in [0.4, 0.5) is 0 Å². The quantitative estimate of drug-likeness (QED) is 0.779. The van der Waals surface area contributed by atoms with E-state index in [-0.39, 0.29) is 0 Å². The van der Waals surface area contributed by atoms with Crippen LogP contribution in [0.5, 0.6) is 0 Å². The van der Waals surface area contributed by atoms with Gasteiger partial charge < -0.3 is 11.1 Å². The molecule has 0 radical (unpaired) electrons. The summed E-state index contributed by atoms with van der Waals surface area (Å²) in [5.41, 5.74) is 7.61. The van der Waals surface area contributed by atoms with Crippen LogP contribution in [0, 0.1) is 5.41 Å². The Bertz CT molecular complexity index is 259. The van der Waals surface area contributed by atoms with Crippen molar-refractivity contribution in [1.82, 2.24) is 5.32 Å². The van der Waals surface area contributed by atoms with Gasteiger partial charge >= 0.3 is 0 Å². The molecule has 1 saturated carbocycles. The molecule has 1 aromatic heterocycles. The number of hydrogen-bond donors (Lipinski definition) is 2. The Kier molecular flexibility index (Phi) is 3.21. The van der Waals surface area contributed by atoms with E-state index in [1.807, 2.05) is 0 Å².